The molecule has 0 aliphatic carbocycles. The number of hydrogen-bond acceptors (Lipinski definition) is 2. The molecular formula is C15H19NO. The van der Waals surface area contributed by atoms with E-state index in [0.717, 1.165) is 30.0 Å². The Bertz CT molecular complexity index is 447. The molecule has 0 aliphatic rings. The summed E-state index contributed by atoms with van der Waals surface area (Å²) in [5.41, 5.74) is 1.13. The van der Waals surface area contributed by atoms with Crippen LogP contribution in [0.5, 0.6) is 0 Å². The first-order valence-electron chi connectivity index (χ1n) is 6.19. The van der Waals surface area contributed by atoms with Gasteiger partial charge in [0.2, 0.25) is 0 Å². The van der Waals surface area contributed by atoms with Gasteiger partial charge in [-0.25, -0.2) is 0 Å². The Morgan fingerprint density at radius 3 is 2.59 bits per heavy atom. The predicted molar refractivity (Wildman–Crippen MR) is 70.9 cm³/mol. The maximum absolute atomic E-state index is 5.87. The fourth-order valence-electron chi connectivity index (χ4n) is 1.80. The van der Waals surface area contributed by atoms with E-state index in [0.29, 0.717) is 0 Å². The van der Waals surface area contributed by atoms with Crippen LogP contribution in [0.2, 0.25) is 0 Å². The van der Waals surface area contributed by atoms with Crippen molar-refractivity contribution < 1.29 is 4.42 Å². The van der Waals surface area contributed by atoms with Gasteiger partial charge in [-0.05, 0) is 32.0 Å². The van der Waals surface area contributed by atoms with Crippen LogP contribution in [0, 0.1) is 0 Å². The average Bonchev–Trinajstić information content (AvgIpc) is 2.86. The average molecular weight is 229 g/mol. The molecule has 0 bridgehead atoms. The molecule has 2 aromatic rings. The predicted octanol–water partition coefficient (Wildman–Crippen LogP) is 4.01. The first kappa shape index (κ1) is 11.9. The highest BCUT2D eigenvalue weighted by Crippen LogP contribution is 2.24. The van der Waals surface area contributed by atoms with Gasteiger partial charge in [-0.3, -0.25) is 0 Å². The molecule has 0 amide bonds. The van der Waals surface area contributed by atoms with Crippen LogP contribution >= 0.6 is 0 Å². The zero-order valence-corrected chi connectivity index (χ0v) is 10.4. The molecule has 1 aromatic heterocycles. The third kappa shape index (κ3) is 2.98. The highest BCUT2D eigenvalue weighted by Gasteiger charge is 2.10. The second-order valence-corrected chi connectivity index (χ2v) is 4.24. The maximum Gasteiger partial charge on any atom is 0.134 e. The van der Waals surface area contributed by atoms with Crippen molar-refractivity contribution in [1.29, 1.82) is 0 Å². The molecule has 17 heavy (non-hydrogen) atoms. The summed E-state index contributed by atoms with van der Waals surface area (Å²) in [7, 11) is 0. The minimum atomic E-state index is 0.271. The number of nitrogens with one attached hydrogen (secondary N) is 1. The second kappa shape index (κ2) is 5.69. The molecule has 2 heteroatoms. The van der Waals surface area contributed by atoms with Crippen molar-refractivity contribution in [1.82, 2.24) is 5.32 Å². The topological polar surface area (TPSA) is 25.2 Å². The van der Waals surface area contributed by atoms with Crippen LogP contribution in [-0.2, 0) is 0 Å². The molecule has 1 atom stereocenters. The molecule has 0 radical (unpaired) electrons. The Hall–Kier alpha value is -1.54. The number of hydrogen-bond donors (Lipinski definition) is 1. The van der Waals surface area contributed by atoms with E-state index < -0.39 is 0 Å². The Labute approximate surface area is 103 Å². The van der Waals surface area contributed by atoms with Crippen LogP contribution in [0.15, 0.2) is 46.9 Å². The quantitative estimate of drug-likeness (QED) is 0.838. The maximum atomic E-state index is 5.87. The molecule has 0 aliphatic heterocycles. The van der Waals surface area contributed by atoms with E-state index in [1.807, 2.05) is 24.3 Å². The summed E-state index contributed by atoms with van der Waals surface area (Å²) >= 11 is 0. The van der Waals surface area contributed by atoms with Crippen molar-refractivity contribution in [2.45, 2.75) is 26.3 Å². The number of rotatable bonds is 5. The van der Waals surface area contributed by atoms with Crippen LogP contribution in [0.3, 0.4) is 0 Å². The minimum Gasteiger partial charge on any atom is -0.459 e. The molecule has 1 aromatic carbocycles. The van der Waals surface area contributed by atoms with Crippen LogP contribution < -0.4 is 5.32 Å². The van der Waals surface area contributed by atoms with Crippen molar-refractivity contribution in [2.24, 2.45) is 0 Å². The summed E-state index contributed by atoms with van der Waals surface area (Å²) in [4.78, 5) is 0. The summed E-state index contributed by atoms with van der Waals surface area (Å²) in [6.07, 6.45) is 1.14. The molecule has 0 fully saturated rings. The van der Waals surface area contributed by atoms with Crippen molar-refractivity contribution >= 4 is 0 Å². The fourth-order valence-corrected chi connectivity index (χ4v) is 1.80. The van der Waals surface area contributed by atoms with Gasteiger partial charge in [-0.2, -0.15) is 0 Å². The highest BCUT2D eigenvalue weighted by molar-refractivity contribution is 5.57. The number of benzene rings is 1. The summed E-state index contributed by atoms with van der Waals surface area (Å²) in [6, 6.07) is 14.5. The first-order chi connectivity index (χ1) is 8.31. The van der Waals surface area contributed by atoms with Crippen LogP contribution in [0.25, 0.3) is 11.3 Å². The lowest BCUT2D eigenvalue weighted by molar-refractivity contribution is 0.439. The molecule has 1 heterocycles. The van der Waals surface area contributed by atoms with E-state index in [9.17, 15) is 0 Å². The van der Waals surface area contributed by atoms with Crippen LogP contribution in [0.1, 0.15) is 32.1 Å². The Morgan fingerprint density at radius 1 is 1.12 bits per heavy atom. The van der Waals surface area contributed by atoms with Gasteiger partial charge in [0.15, 0.2) is 0 Å². The SMILES string of the molecule is CCCNC(C)c1ccc(-c2ccccc2)o1. The van der Waals surface area contributed by atoms with Gasteiger partial charge in [-0.15, -0.1) is 0 Å². The van der Waals surface area contributed by atoms with Gasteiger partial charge in [-0.1, -0.05) is 37.3 Å². The van der Waals surface area contributed by atoms with Crippen molar-refractivity contribution in [3.05, 3.63) is 48.2 Å². The number of furan rings is 1. The minimum absolute atomic E-state index is 0.271. The largest absolute Gasteiger partial charge is 0.459 e. The molecule has 1 unspecified atom stereocenters. The molecule has 0 saturated carbocycles. The van der Waals surface area contributed by atoms with E-state index >= 15 is 0 Å². The third-order valence-corrected chi connectivity index (χ3v) is 2.81. The molecule has 0 saturated heterocycles. The molecule has 90 valence electrons. The monoisotopic (exact) mass is 229 g/mol. The molecule has 1 N–H and O–H groups in total. The smallest absolute Gasteiger partial charge is 0.134 e. The van der Waals surface area contributed by atoms with Gasteiger partial charge < -0.3 is 9.73 Å². The normalized spacial score (nSPS) is 12.6. The third-order valence-electron chi connectivity index (χ3n) is 2.81. The Balaban J connectivity index is 2.11. The van der Waals surface area contributed by atoms with E-state index in [1.54, 1.807) is 0 Å². The van der Waals surface area contributed by atoms with Gasteiger partial charge >= 0.3 is 0 Å². The summed E-state index contributed by atoms with van der Waals surface area (Å²) < 4.78 is 5.87. The summed E-state index contributed by atoms with van der Waals surface area (Å²) in [5, 5.41) is 3.42. The van der Waals surface area contributed by atoms with E-state index in [2.05, 4.69) is 37.4 Å². The fraction of sp³-hybridized carbons (Fsp3) is 0.333. The van der Waals surface area contributed by atoms with E-state index in [1.165, 1.54) is 0 Å². The Morgan fingerprint density at radius 2 is 1.88 bits per heavy atom. The Kier molecular flexibility index (Phi) is 3.99. The highest BCUT2D eigenvalue weighted by atomic mass is 16.3. The van der Waals surface area contributed by atoms with E-state index in [-0.39, 0.29) is 6.04 Å². The summed E-state index contributed by atoms with van der Waals surface area (Å²) in [6.45, 7) is 5.31. The van der Waals surface area contributed by atoms with Gasteiger partial charge in [0, 0.05) is 5.56 Å². The molecular weight excluding hydrogens is 210 g/mol. The lowest BCUT2D eigenvalue weighted by atomic mass is 10.2. The molecule has 2 nitrogen and oxygen atoms in total. The molecule has 0 spiro atoms. The van der Waals surface area contributed by atoms with Crippen molar-refractivity contribution in [3.8, 4) is 11.3 Å². The van der Waals surface area contributed by atoms with Gasteiger partial charge in [0.25, 0.3) is 0 Å². The first-order valence-corrected chi connectivity index (χ1v) is 6.19. The van der Waals surface area contributed by atoms with Gasteiger partial charge in [0.05, 0.1) is 6.04 Å². The lowest BCUT2D eigenvalue weighted by Gasteiger charge is -2.09. The van der Waals surface area contributed by atoms with Crippen molar-refractivity contribution in [3.63, 3.8) is 0 Å². The standard InChI is InChI=1S/C15H19NO/c1-3-11-16-12(2)14-9-10-15(17-14)13-7-5-4-6-8-13/h4-10,12,16H,3,11H2,1-2H3. The second-order valence-electron chi connectivity index (χ2n) is 4.24. The van der Waals surface area contributed by atoms with Gasteiger partial charge in [0.1, 0.15) is 11.5 Å². The summed E-state index contributed by atoms with van der Waals surface area (Å²) in [5.74, 6) is 1.93. The van der Waals surface area contributed by atoms with Crippen LogP contribution in [-0.4, -0.2) is 6.54 Å². The van der Waals surface area contributed by atoms with Crippen LogP contribution in [0.4, 0.5) is 0 Å². The molecule has 2 rings (SSSR count). The lowest BCUT2D eigenvalue weighted by Crippen LogP contribution is -2.18. The van der Waals surface area contributed by atoms with Crippen molar-refractivity contribution in [2.75, 3.05) is 6.54 Å². The zero-order chi connectivity index (χ0) is 12.1. The zero-order valence-electron chi connectivity index (χ0n) is 10.4. The van der Waals surface area contributed by atoms with E-state index in [4.69, 9.17) is 4.42 Å².